The minimum Gasteiger partial charge on any atom is -0.369 e. The number of primary amides is 1. The number of rotatable bonds is 5. The lowest BCUT2D eigenvalue weighted by atomic mass is 9.86. The summed E-state index contributed by atoms with van der Waals surface area (Å²) in [4.78, 5) is 11.0. The maximum Gasteiger partial charge on any atom is 0.220 e. The molecule has 1 amide bonds. The highest BCUT2D eigenvalue weighted by Gasteiger charge is 2.29. The molecule has 1 rings (SSSR count). The largest absolute Gasteiger partial charge is 0.369 e. The van der Waals surface area contributed by atoms with Crippen molar-refractivity contribution >= 4 is 15.7 Å². The van der Waals surface area contributed by atoms with Crippen molar-refractivity contribution in [1.82, 2.24) is 5.32 Å². The van der Waals surface area contributed by atoms with Crippen LogP contribution in [0.25, 0.3) is 0 Å². The van der Waals surface area contributed by atoms with E-state index >= 15 is 0 Å². The molecule has 1 aliphatic rings. The Hall–Kier alpha value is -0.620. The maximum absolute atomic E-state index is 11.9. The standard InChI is InChI=1S/C13H26N2O3S/c1-13(2,3)19(17,18)9-8-15-11-6-4-10(5-7-11)12(14)16/h10-11,15H,4-9H2,1-3H3,(H2,14,16). The molecular weight excluding hydrogens is 264 g/mol. The van der Waals surface area contributed by atoms with Gasteiger partial charge in [0.25, 0.3) is 0 Å². The summed E-state index contributed by atoms with van der Waals surface area (Å²) >= 11 is 0. The fraction of sp³-hybridized carbons (Fsp3) is 0.923. The van der Waals surface area contributed by atoms with E-state index in [-0.39, 0.29) is 17.6 Å². The van der Waals surface area contributed by atoms with Gasteiger partial charge in [0.15, 0.2) is 9.84 Å². The molecule has 5 nitrogen and oxygen atoms in total. The fourth-order valence-corrected chi connectivity index (χ4v) is 3.28. The van der Waals surface area contributed by atoms with Crippen LogP contribution < -0.4 is 11.1 Å². The Morgan fingerprint density at radius 2 is 1.74 bits per heavy atom. The van der Waals surface area contributed by atoms with Crippen LogP contribution >= 0.6 is 0 Å². The zero-order valence-corrected chi connectivity index (χ0v) is 12.9. The fourth-order valence-electron chi connectivity index (χ4n) is 2.29. The van der Waals surface area contributed by atoms with Crippen molar-refractivity contribution in [2.45, 2.75) is 57.2 Å². The minimum absolute atomic E-state index is 0.00337. The first-order valence-electron chi connectivity index (χ1n) is 6.88. The normalized spacial score (nSPS) is 25.2. The topological polar surface area (TPSA) is 89.3 Å². The quantitative estimate of drug-likeness (QED) is 0.785. The Morgan fingerprint density at radius 3 is 2.16 bits per heavy atom. The van der Waals surface area contributed by atoms with Gasteiger partial charge in [0.2, 0.25) is 5.91 Å². The summed E-state index contributed by atoms with van der Waals surface area (Å²) in [5, 5.41) is 3.28. The average molecular weight is 290 g/mol. The van der Waals surface area contributed by atoms with Gasteiger partial charge in [-0.1, -0.05) is 0 Å². The molecule has 0 saturated heterocycles. The predicted molar refractivity (Wildman–Crippen MR) is 76.5 cm³/mol. The zero-order valence-electron chi connectivity index (χ0n) is 12.1. The second kappa shape index (κ2) is 6.22. The molecular formula is C13H26N2O3S. The zero-order chi connectivity index (χ0) is 14.7. The molecule has 0 aromatic carbocycles. The molecule has 112 valence electrons. The molecule has 19 heavy (non-hydrogen) atoms. The lowest BCUT2D eigenvalue weighted by molar-refractivity contribution is -0.122. The van der Waals surface area contributed by atoms with Crippen molar-refractivity contribution < 1.29 is 13.2 Å². The van der Waals surface area contributed by atoms with Crippen LogP contribution in [0.2, 0.25) is 0 Å². The van der Waals surface area contributed by atoms with Crippen molar-refractivity contribution in [3.63, 3.8) is 0 Å². The number of nitrogens with two attached hydrogens (primary N) is 1. The van der Waals surface area contributed by atoms with Gasteiger partial charge in [-0.2, -0.15) is 0 Å². The van der Waals surface area contributed by atoms with Gasteiger partial charge in [0.1, 0.15) is 0 Å². The van der Waals surface area contributed by atoms with Gasteiger partial charge in [-0.25, -0.2) is 8.42 Å². The van der Waals surface area contributed by atoms with Crippen molar-refractivity contribution in [3.05, 3.63) is 0 Å². The first kappa shape index (κ1) is 16.4. The van der Waals surface area contributed by atoms with Crippen LogP contribution in [-0.4, -0.2) is 37.4 Å². The Bertz CT molecular complexity index is 404. The summed E-state index contributed by atoms with van der Waals surface area (Å²) in [6, 6.07) is 0.311. The average Bonchev–Trinajstić information content (AvgIpc) is 2.28. The van der Waals surface area contributed by atoms with Crippen LogP contribution in [0.4, 0.5) is 0 Å². The summed E-state index contributed by atoms with van der Waals surface area (Å²) in [5.74, 6) is -0.0585. The van der Waals surface area contributed by atoms with Crippen molar-refractivity contribution in [1.29, 1.82) is 0 Å². The number of sulfone groups is 1. The van der Waals surface area contributed by atoms with E-state index in [9.17, 15) is 13.2 Å². The van der Waals surface area contributed by atoms with Gasteiger partial charge in [-0.05, 0) is 46.5 Å². The number of hydrogen-bond donors (Lipinski definition) is 2. The first-order valence-corrected chi connectivity index (χ1v) is 8.54. The summed E-state index contributed by atoms with van der Waals surface area (Å²) < 4.78 is 23.2. The predicted octanol–water partition coefficient (Wildman–Crippen LogP) is 0.833. The third-order valence-corrected chi connectivity index (χ3v) is 6.47. The maximum atomic E-state index is 11.9. The molecule has 0 unspecified atom stereocenters. The van der Waals surface area contributed by atoms with E-state index in [1.807, 2.05) is 0 Å². The van der Waals surface area contributed by atoms with Crippen molar-refractivity contribution in [3.8, 4) is 0 Å². The Morgan fingerprint density at radius 1 is 1.21 bits per heavy atom. The van der Waals surface area contributed by atoms with Crippen LogP contribution in [0.5, 0.6) is 0 Å². The molecule has 1 aliphatic carbocycles. The molecule has 0 heterocycles. The van der Waals surface area contributed by atoms with Gasteiger partial charge in [0, 0.05) is 18.5 Å². The van der Waals surface area contributed by atoms with Crippen LogP contribution in [0, 0.1) is 5.92 Å². The van der Waals surface area contributed by atoms with Crippen LogP contribution in [0.15, 0.2) is 0 Å². The van der Waals surface area contributed by atoms with Crippen LogP contribution in [0.3, 0.4) is 0 Å². The summed E-state index contributed by atoms with van der Waals surface area (Å²) in [7, 11) is -3.06. The molecule has 0 bridgehead atoms. The molecule has 0 radical (unpaired) electrons. The molecule has 1 fully saturated rings. The van der Waals surface area contributed by atoms with Gasteiger partial charge >= 0.3 is 0 Å². The molecule has 6 heteroatoms. The van der Waals surface area contributed by atoms with Gasteiger partial charge in [-0.3, -0.25) is 4.79 Å². The smallest absolute Gasteiger partial charge is 0.220 e. The summed E-state index contributed by atoms with van der Waals surface area (Å²) in [6.07, 6.45) is 3.39. The molecule has 0 aliphatic heterocycles. The Labute approximate surface area is 116 Å². The molecule has 0 aromatic rings. The second-order valence-electron chi connectivity index (χ2n) is 6.34. The monoisotopic (exact) mass is 290 g/mol. The first-order chi connectivity index (χ1) is 8.63. The number of amides is 1. The number of carbonyl (C=O) groups excluding carboxylic acids is 1. The molecule has 3 N–H and O–H groups in total. The van der Waals surface area contributed by atoms with E-state index < -0.39 is 14.6 Å². The molecule has 1 saturated carbocycles. The molecule has 0 atom stereocenters. The summed E-state index contributed by atoms with van der Waals surface area (Å²) in [6.45, 7) is 5.65. The SMILES string of the molecule is CC(C)(C)S(=O)(=O)CCNC1CCC(C(N)=O)CC1. The Kier molecular flexibility index (Phi) is 5.38. The lowest BCUT2D eigenvalue weighted by Gasteiger charge is -2.28. The Balaban J connectivity index is 2.31. The van der Waals surface area contributed by atoms with E-state index in [0.717, 1.165) is 25.7 Å². The highest BCUT2D eigenvalue weighted by atomic mass is 32.2. The van der Waals surface area contributed by atoms with E-state index in [1.54, 1.807) is 20.8 Å². The van der Waals surface area contributed by atoms with Crippen molar-refractivity contribution in [2.24, 2.45) is 11.7 Å². The van der Waals surface area contributed by atoms with Gasteiger partial charge in [0.05, 0.1) is 10.5 Å². The van der Waals surface area contributed by atoms with E-state index in [1.165, 1.54) is 0 Å². The number of carbonyl (C=O) groups is 1. The lowest BCUT2D eigenvalue weighted by Crippen LogP contribution is -2.40. The molecule has 0 aromatic heterocycles. The van der Waals surface area contributed by atoms with Crippen LogP contribution in [-0.2, 0) is 14.6 Å². The number of hydrogen-bond acceptors (Lipinski definition) is 4. The molecule has 0 spiro atoms. The minimum atomic E-state index is -3.06. The van der Waals surface area contributed by atoms with Crippen LogP contribution in [0.1, 0.15) is 46.5 Å². The van der Waals surface area contributed by atoms with Crippen molar-refractivity contribution in [2.75, 3.05) is 12.3 Å². The van der Waals surface area contributed by atoms with Gasteiger partial charge < -0.3 is 11.1 Å². The van der Waals surface area contributed by atoms with E-state index in [4.69, 9.17) is 5.73 Å². The highest BCUT2D eigenvalue weighted by Crippen LogP contribution is 2.24. The third kappa shape index (κ3) is 4.76. The summed E-state index contributed by atoms with van der Waals surface area (Å²) in [5.41, 5.74) is 5.28. The highest BCUT2D eigenvalue weighted by molar-refractivity contribution is 7.92. The number of nitrogens with one attached hydrogen (secondary N) is 1. The van der Waals surface area contributed by atoms with E-state index in [2.05, 4.69) is 5.32 Å². The van der Waals surface area contributed by atoms with Gasteiger partial charge in [-0.15, -0.1) is 0 Å². The third-order valence-electron chi connectivity index (χ3n) is 3.87. The van der Waals surface area contributed by atoms with E-state index in [0.29, 0.717) is 12.6 Å². The second-order valence-corrected chi connectivity index (χ2v) is 9.20.